The van der Waals surface area contributed by atoms with Crippen molar-refractivity contribution in [3.63, 3.8) is 0 Å². The van der Waals surface area contributed by atoms with E-state index in [1.165, 1.54) is 18.9 Å². The van der Waals surface area contributed by atoms with E-state index in [0.29, 0.717) is 16.4 Å². The average Bonchev–Trinajstić information content (AvgIpc) is 2.61. The van der Waals surface area contributed by atoms with Crippen molar-refractivity contribution in [3.05, 3.63) is 52.9 Å². The SMILES string of the molecule is COc1cc(/C=C2\Sc3ccccc3NC2=O)ccc1OCC#N. The lowest BCUT2D eigenvalue weighted by molar-refractivity contribution is -0.112. The van der Waals surface area contributed by atoms with Gasteiger partial charge in [-0.3, -0.25) is 4.79 Å². The van der Waals surface area contributed by atoms with Crippen LogP contribution in [0.1, 0.15) is 5.56 Å². The molecule has 0 spiro atoms. The molecule has 0 saturated heterocycles. The zero-order chi connectivity index (χ0) is 16.9. The summed E-state index contributed by atoms with van der Waals surface area (Å²) in [5.74, 6) is 0.871. The van der Waals surface area contributed by atoms with Gasteiger partial charge in [-0.2, -0.15) is 5.26 Å². The van der Waals surface area contributed by atoms with Gasteiger partial charge in [0.2, 0.25) is 0 Å². The van der Waals surface area contributed by atoms with Crippen LogP contribution in [-0.2, 0) is 4.79 Å². The first kappa shape index (κ1) is 16.0. The molecule has 1 aliphatic rings. The number of hydrogen-bond acceptors (Lipinski definition) is 5. The molecule has 6 heteroatoms. The van der Waals surface area contributed by atoms with E-state index in [0.717, 1.165) is 16.1 Å². The van der Waals surface area contributed by atoms with Crippen molar-refractivity contribution in [3.8, 4) is 17.6 Å². The number of nitrogens with zero attached hydrogens (tertiary/aromatic N) is 1. The third-order valence-corrected chi connectivity index (χ3v) is 4.46. The molecule has 0 saturated carbocycles. The van der Waals surface area contributed by atoms with Crippen LogP contribution in [0.5, 0.6) is 11.5 Å². The van der Waals surface area contributed by atoms with E-state index in [1.807, 2.05) is 36.4 Å². The molecule has 2 aromatic carbocycles. The monoisotopic (exact) mass is 338 g/mol. The Bertz CT molecular complexity index is 856. The highest BCUT2D eigenvalue weighted by molar-refractivity contribution is 8.04. The van der Waals surface area contributed by atoms with Gasteiger partial charge in [0.05, 0.1) is 17.7 Å². The molecule has 24 heavy (non-hydrogen) atoms. The lowest BCUT2D eigenvalue weighted by Crippen LogP contribution is -2.17. The van der Waals surface area contributed by atoms with Gasteiger partial charge in [-0.15, -0.1) is 0 Å². The van der Waals surface area contributed by atoms with Crippen molar-refractivity contribution >= 4 is 29.4 Å². The van der Waals surface area contributed by atoms with E-state index < -0.39 is 0 Å². The van der Waals surface area contributed by atoms with Crippen molar-refractivity contribution in [2.75, 3.05) is 19.0 Å². The van der Waals surface area contributed by atoms with Gasteiger partial charge < -0.3 is 14.8 Å². The summed E-state index contributed by atoms with van der Waals surface area (Å²) < 4.78 is 10.6. The smallest absolute Gasteiger partial charge is 0.262 e. The first-order chi connectivity index (χ1) is 11.7. The molecular formula is C18H14N2O3S. The summed E-state index contributed by atoms with van der Waals surface area (Å²) in [4.78, 5) is 13.8. The van der Waals surface area contributed by atoms with Crippen molar-refractivity contribution in [2.24, 2.45) is 0 Å². The molecule has 3 rings (SSSR count). The number of amides is 1. The molecule has 0 bridgehead atoms. The summed E-state index contributed by atoms with van der Waals surface area (Å²) in [6.07, 6.45) is 1.80. The molecule has 0 atom stereocenters. The number of thioether (sulfide) groups is 1. The van der Waals surface area contributed by atoms with Gasteiger partial charge in [-0.05, 0) is 35.9 Å². The number of nitrogens with one attached hydrogen (secondary N) is 1. The maximum atomic E-state index is 12.2. The van der Waals surface area contributed by atoms with Crippen LogP contribution in [-0.4, -0.2) is 19.6 Å². The summed E-state index contributed by atoms with van der Waals surface area (Å²) in [5.41, 5.74) is 1.63. The Balaban J connectivity index is 1.89. The summed E-state index contributed by atoms with van der Waals surface area (Å²) in [7, 11) is 1.53. The average molecular weight is 338 g/mol. The second-order valence-electron chi connectivity index (χ2n) is 4.92. The number of anilines is 1. The Morgan fingerprint density at radius 1 is 1.25 bits per heavy atom. The third kappa shape index (κ3) is 3.36. The lowest BCUT2D eigenvalue weighted by Gasteiger charge is -2.18. The molecule has 1 N–H and O–H groups in total. The van der Waals surface area contributed by atoms with Gasteiger partial charge >= 0.3 is 0 Å². The zero-order valence-electron chi connectivity index (χ0n) is 12.9. The van der Waals surface area contributed by atoms with Crippen LogP contribution in [0.3, 0.4) is 0 Å². The van der Waals surface area contributed by atoms with E-state index in [1.54, 1.807) is 18.2 Å². The van der Waals surface area contributed by atoms with Crippen LogP contribution in [0.4, 0.5) is 5.69 Å². The largest absolute Gasteiger partial charge is 0.493 e. The van der Waals surface area contributed by atoms with Crippen LogP contribution < -0.4 is 14.8 Å². The second kappa shape index (κ2) is 7.11. The Kier molecular flexibility index (Phi) is 4.73. The number of fused-ring (bicyclic) bond motifs is 1. The maximum Gasteiger partial charge on any atom is 0.262 e. The Morgan fingerprint density at radius 2 is 2.08 bits per heavy atom. The molecule has 0 aromatic heterocycles. The summed E-state index contributed by atoms with van der Waals surface area (Å²) in [5, 5.41) is 11.5. The number of para-hydroxylation sites is 1. The number of carbonyl (C=O) groups is 1. The molecule has 1 aliphatic heterocycles. The third-order valence-electron chi connectivity index (χ3n) is 3.36. The van der Waals surface area contributed by atoms with Crippen LogP contribution in [0, 0.1) is 11.3 Å². The highest BCUT2D eigenvalue weighted by Crippen LogP contribution is 2.39. The van der Waals surface area contributed by atoms with Gasteiger partial charge in [0.15, 0.2) is 18.1 Å². The molecule has 0 aliphatic carbocycles. The Labute approximate surface area is 143 Å². The highest BCUT2D eigenvalue weighted by Gasteiger charge is 2.20. The zero-order valence-corrected chi connectivity index (χ0v) is 13.7. The predicted octanol–water partition coefficient (Wildman–Crippen LogP) is 3.68. The van der Waals surface area contributed by atoms with Crippen molar-refractivity contribution in [1.82, 2.24) is 0 Å². The minimum atomic E-state index is -0.137. The molecule has 120 valence electrons. The van der Waals surface area contributed by atoms with Crippen LogP contribution >= 0.6 is 11.8 Å². The van der Waals surface area contributed by atoms with Crippen LogP contribution in [0.2, 0.25) is 0 Å². The second-order valence-corrected chi connectivity index (χ2v) is 6.00. The highest BCUT2D eigenvalue weighted by atomic mass is 32.2. The fourth-order valence-corrected chi connectivity index (χ4v) is 3.21. The topological polar surface area (TPSA) is 71.3 Å². The van der Waals surface area contributed by atoms with Crippen molar-refractivity contribution < 1.29 is 14.3 Å². The fourth-order valence-electron chi connectivity index (χ4n) is 2.26. The minimum Gasteiger partial charge on any atom is -0.493 e. The Hall–Kier alpha value is -2.91. The number of rotatable bonds is 4. The normalized spacial score (nSPS) is 14.5. The molecule has 0 unspecified atom stereocenters. The van der Waals surface area contributed by atoms with Crippen molar-refractivity contribution in [1.29, 1.82) is 5.26 Å². The summed E-state index contributed by atoms with van der Waals surface area (Å²) >= 11 is 1.43. The van der Waals surface area contributed by atoms with Crippen molar-refractivity contribution in [2.45, 2.75) is 4.90 Å². The van der Waals surface area contributed by atoms with E-state index in [9.17, 15) is 4.79 Å². The fraction of sp³-hybridized carbons (Fsp3) is 0.111. The first-order valence-electron chi connectivity index (χ1n) is 7.19. The molecule has 2 aromatic rings. The maximum absolute atomic E-state index is 12.2. The number of nitriles is 1. The molecular weight excluding hydrogens is 324 g/mol. The number of benzene rings is 2. The van der Waals surface area contributed by atoms with Crippen LogP contribution in [0.15, 0.2) is 52.3 Å². The molecule has 0 fully saturated rings. The van der Waals surface area contributed by atoms with Gasteiger partial charge in [0, 0.05) is 4.90 Å². The van der Waals surface area contributed by atoms with E-state index in [-0.39, 0.29) is 12.5 Å². The number of carbonyl (C=O) groups excluding carboxylic acids is 1. The lowest BCUT2D eigenvalue weighted by atomic mass is 10.2. The standard InChI is InChI=1S/C18H14N2O3S/c1-22-15-10-12(6-7-14(15)23-9-8-19)11-17-18(21)20-13-4-2-3-5-16(13)24-17/h2-7,10-11H,9H2,1H3,(H,20,21)/b17-11-. The van der Waals surface area contributed by atoms with E-state index in [2.05, 4.69) is 5.32 Å². The number of hydrogen-bond donors (Lipinski definition) is 1. The van der Waals surface area contributed by atoms with Gasteiger partial charge in [-0.1, -0.05) is 30.0 Å². The van der Waals surface area contributed by atoms with Gasteiger partial charge in [0.25, 0.3) is 5.91 Å². The number of methoxy groups -OCH3 is 1. The summed E-state index contributed by atoms with van der Waals surface area (Å²) in [6.45, 7) is -0.0498. The number of ether oxygens (including phenoxy) is 2. The van der Waals surface area contributed by atoms with Gasteiger partial charge in [0.1, 0.15) is 6.07 Å². The molecule has 0 radical (unpaired) electrons. The van der Waals surface area contributed by atoms with Gasteiger partial charge in [-0.25, -0.2) is 0 Å². The van der Waals surface area contributed by atoms with E-state index >= 15 is 0 Å². The summed E-state index contributed by atoms with van der Waals surface area (Å²) in [6, 6.07) is 14.9. The Morgan fingerprint density at radius 3 is 2.88 bits per heavy atom. The first-order valence-corrected chi connectivity index (χ1v) is 8.00. The molecule has 1 amide bonds. The minimum absolute atomic E-state index is 0.0498. The predicted molar refractivity (Wildman–Crippen MR) is 93.0 cm³/mol. The van der Waals surface area contributed by atoms with Crippen LogP contribution in [0.25, 0.3) is 6.08 Å². The molecule has 5 nitrogen and oxygen atoms in total. The quantitative estimate of drug-likeness (QED) is 0.861. The molecule has 1 heterocycles. The van der Waals surface area contributed by atoms with E-state index in [4.69, 9.17) is 14.7 Å².